The van der Waals surface area contributed by atoms with E-state index in [1.165, 1.54) is 0 Å². The highest BCUT2D eigenvalue weighted by Gasteiger charge is 2.46. The van der Waals surface area contributed by atoms with Crippen molar-refractivity contribution in [2.75, 3.05) is 39.4 Å². The van der Waals surface area contributed by atoms with Crippen LogP contribution in [-0.2, 0) is 20.9 Å². The van der Waals surface area contributed by atoms with Crippen LogP contribution in [0, 0.1) is 0 Å². The number of nitrogens with zero attached hydrogens (tertiary/aromatic N) is 2. The van der Waals surface area contributed by atoms with Crippen LogP contribution in [0.4, 0.5) is 0 Å². The number of rotatable bonds is 8. The van der Waals surface area contributed by atoms with Gasteiger partial charge in [0.25, 0.3) is 11.7 Å². The van der Waals surface area contributed by atoms with Gasteiger partial charge in [-0.2, -0.15) is 0 Å². The third-order valence-corrected chi connectivity index (χ3v) is 7.11. The zero-order chi connectivity index (χ0) is 26.5. The molecule has 0 radical (unpaired) electrons. The molecule has 1 atom stereocenters. The van der Waals surface area contributed by atoms with Crippen LogP contribution in [0.15, 0.2) is 84.4 Å². The van der Waals surface area contributed by atoms with Gasteiger partial charge in [0.2, 0.25) is 0 Å². The lowest BCUT2D eigenvalue weighted by molar-refractivity contribution is -0.140. The molecule has 5 rings (SSSR count). The molecule has 1 N–H and O–H groups in total. The summed E-state index contributed by atoms with van der Waals surface area (Å²) in [5.74, 6) is -0.909. The number of carbonyl (C=O) groups excluding carboxylic acids is 2. The van der Waals surface area contributed by atoms with E-state index in [-0.39, 0.29) is 11.3 Å². The van der Waals surface area contributed by atoms with Gasteiger partial charge in [0.05, 0.1) is 24.8 Å². The number of aliphatic hydroxyl groups is 1. The molecule has 0 spiro atoms. The maximum absolute atomic E-state index is 13.3. The molecular weight excluding hydrogens is 504 g/mol. The molecule has 196 valence electrons. The summed E-state index contributed by atoms with van der Waals surface area (Å²) in [6.45, 7) is 4.20. The second kappa shape index (κ2) is 11.8. The van der Waals surface area contributed by atoms with Crippen LogP contribution in [0.2, 0.25) is 5.02 Å². The van der Waals surface area contributed by atoms with Crippen molar-refractivity contribution in [1.29, 1.82) is 0 Å². The number of ether oxygens (including phenoxy) is 2. The number of amides is 1. The van der Waals surface area contributed by atoms with Crippen LogP contribution in [0.3, 0.4) is 0 Å². The van der Waals surface area contributed by atoms with Gasteiger partial charge in [-0.25, -0.2) is 0 Å². The highest BCUT2D eigenvalue weighted by Crippen LogP contribution is 2.39. The first-order chi connectivity index (χ1) is 18.5. The Morgan fingerprint density at radius 1 is 0.921 bits per heavy atom. The molecule has 3 aromatic rings. The van der Waals surface area contributed by atoms with Crippen LogP contribution in [0.1, 0.15) is 22.7 Å². The van der Waals surface area contributed by atoms with E-state index in [0.29, 0.717) is 54.8 Å². The monoisotopic (exact) mass is 532 g/mol. The molecule has 2 aliphatic rings. The normalized spacial score (nSPS) is 19.6. The summed E-state index contributed by atoms with van der Waals surface area (Å²) in [5.41, 5.74) is 2.25. The van der Waals surface area contributed by atoms with Crippen molar-refractivity contribution in [1.82, 2.24) is 9.80 Å². The van der Waals surface area contributed by atoms with Crippen molar-refractivity contribution in [3.63, 3.8) is 0 Å². The maximum Gasteiger partial charge on any atom is 0.295 e. The van der Waals surface area contributed by atoms with Gasteiger partial charge >= 0.3 is 0 Å². The first-order valence-corrected chi connectivity index (χ1v) is 13.0. The topological polar surface area (TPSA) is 79.3 Å². The number of benzene rings is 3. The van der Waals surface area contributed by atoms with E-state index in [1.54, 1.807) is 53.4 Å². The summed E-state index contributed by atoms with van der Waals surface area (Å²) in [6.07, 6.45) is 0. The minimum absolute atomic E-state index is 0.0669. The van der Waals surface area contributed by atoms with E-state index in [1.807, 2.05) is 30.3 Å². The Morgan fingerprint density at radius 2 is 1.61 bits per heavy atom. The largest absolute Gasteiger partial charge is 0.507 e. The predicted octanol–water partition coefficient (Wildman–Crippen LogP) is 4.67. The van der Waals surface area contributed by atoms with E-state index >= 15 is 0 Å². The SMILES string of the molecule is O=C1C(=O)N(CCN2CCOCC2)C(c2ccc(Cl)cc2)/C1=C(\O)c1ccc(OCc2ccccc2)cc1. The van der Waals surface area contributed by atoms with E-state index in [9.17, 15) is 14.7 Å². The fraction of sp³-hybridized carbons (Fsp3) is 0.267. The number of morpholine rings is 1. The molecule has 1 amide bonds. The van der Waals surface area contributed by atoms with Gasteiger partial charge in [-0.1, -0.05) is 54.1 Å². The van der Waals surface area contributed by atoms with E-state index in [0.717, 1.165) is 18.7 Å². The highest BCUT2D eigenvalue weighted by atomic mass is 35.5. The first-order valence-electron chi connectivity index (χ1n) is 12.6. The molecule has 0 aliphatic carbocycles. The van der Waals surface area contributed by atoms with Gasteiger partial charge in [0.15, 0.2) is 0 Å². The molecule has 8 heteroatoms. The standard InChI is InChI=1S/C30H29ClN2O5/c31-24-10-6-22(7-11-24)27-26(29(35)30(36)33(27)15-14-32-16-18-37-19-17-32)28(34)23-8-12-25(13-9-23)38-20-21-4-2-1-3-5-21/h1-13,27,34H,14-20H2/b28-26+. The number of hydrogen-bond acceptors (Lipinski definition) is 6. The molecule has 1 unspecified atom stereocenters. The van der Waals surface area contributed by atoms with Crippen molar-refractivity contribution >= 4 is 29.1 Å². The Hall–Kier alpha value is -3.65. The zero-order valence-electron chi connectivity index (χ0n) is 20.9. The van der Waals surface area contributed by atoms with Crippen LogP contribution < -0.4 is 4.74 Å². The Kier molecular flexibility index (Phi) is 8.08. The van der Waals surface area contributed by atoms with Crippen molar-refractivity contribution < 1.29 is 24.2 Å². The number of halogens is 1. The van der Waals surface area contributed by atoms with Crippen LogP contribution in [0.5, 0.6) is 5.75 Å². The van der Waals surface area contributed by atoms with E-state index in [4.69, 9.17) is 21.1 Å². The Balaban J connectivity index is 1.41. The van der Waals surface area contributed by atoms with Gasteiger partial charge in [-0.05, 0) is 47.5 Å². The van der Waals surface area contributed by atoms with Crippen molar-refractivity contribution in [3.8, 4) is 5.75 Å². The van der Waals surface area contributed by atoms with Crippen molar-refractivity contribution in [2.24, 2.45) is 0 Å². The molecule has 0 aromatic heterocycles. The second-order valence-corrected chi connectivity index (χ2v) is 9.73. The van der Waals surface area contributed by atoms with Gasteiger partial charge in [0.1, 0.15) is 18.1 Å². The van der Waals surface area contributed by atoms with E-state index in [2.05, 4.69) is 4.90 Å². The maximum atomic E-state index is 13.3. The molecule has 38 heavy (non-hydrogen) atoms. The number of hydrogen-bond donors (Lipinski definition) is 1. The summed E-state index contributed by atoms with van der Waals surface area (Å²) in [4.78, 5) is 30.2. The Labute approximate surface area is 226 Å². The molecule has 2 saturated heterocycles. The fourth-order valence-corrected chi connectivity index (χ4v) is 4.91. The molecule has 3 aromatic carbocycles. The van der Waals surface area contributed by atoms with Crippen LogP contribution in [0.25, 0.3) is 5.76 Å². The predicted molar refractivity (Wildman–Crippen MR) is 145 cm³/mol. The molecule has 7 nitrogen and oxygen atoms in total. The van der Waals surface area contributed by atoms with Gasteiger partial charge in [-0.15, -0.1) is 0 Å². The fourth-order valence-electron chi connectivity index (χ4n) is 4.78. The van der Waals surface area contributed by atoms with Gasteiger partial charge in [-0.3, -0.25) is 14.5 Å². The number of carbonyl (C=O) groups is 2. The summed E-state index contributed by atoms with van der Waals surface area (Å²) in [5, 5.41) is 11.9. The summed E-state index contributed by atoms with van der Waals surface area (Å²) >= 11 is 6.11. The summed E-state index contributed by atoms with van der Waals surface area (Å²) < 4.78 is 11.3. The first kappa shape index (κ1) is 26.0. The van der Waals surface area contributed by atoms with Crippen LogP contribution in [-0.4, -0.2) is 66.0 Å². The minimum atomic E-state index is -0.720. The highest BCUT2D eigenvalue weighted by molar-refractivity contribution is 6.46. The quantitative estimate of drug-likeness (QED) is 0.258. The number of Topliss-reactive ketones (excluding diaryl/α,β-unsaturated/α-hetero) is 1. The van der Waals surface area contributed by atoms with E-state index < -0.39 is 17.7 Å². The molecule has 2 aliphatic heterocycles. The average Bonchev–Trinajstić information content (AvgIpc) is 3.21. The third-order valence-electron chi connectivity index (χ3n) is 6.86. The second-order valence-electron chi connectivity index (χ2n) is 9.30. The Bertz CT molecular complexity index is 1300. The van der Waals surface area contributed by atoms with Crippen LogP contribution >= 0.6 is 11.6 Å². The van der Waals surface area contributed by atoms with Crippen molar-refractivity contribution in [2.45, 2.75) is 12.6 Å². The zero-order valence-corrected chi connectivity index (χ0v) is 21.6. The molecule has 2 heterocycles. The molecule has 2 fully saturated rings. The number of ketones is 1. The third kappa shape index (κ3) is 5.75. The molecular formula is C30H29ClN2O5. The minimum Gasteiger partial charge on any atom is -0.507 e. The number of likely N-dealkylation sites (tertiary alicyclic amines) is 1. The lowest BCUT2D eigenvalue weighted by Gasteiger charge is -2.31. The van der Waals surface area contributed by atoms with Gasteiger partial charge < -0.3 is 19.5 Å². The van der Waals surface area contributed by atoms with Crippen molar-refractivity contribution in [3.05, 3.63) is 106 Å². The number of aliphatic hydroxyl groups excluding tert-OH is 1. The molecule has 0 saturated carbocycles. The Morgan fingerprint density at radius 3 is 2.29 bits per heavy atom. The summed E-state index contributed by atoms with van der Waals surface area (Å²) in [6, 6.07) is 23.0. The smallest absolute Gasteiger partial charge is 0.295 e. The summed E-state index contributed by atoms with van der Waals surface area (Å²) in [7, 11) is 0. The molecule has 0 bridgehead atoms. The lowest BCUT2D eigenvalue weighted by Crippen LogP contribution is -2.42. The average molecular weight is 533 g/mol. The lowest BCUT2D eigenvalue weighted by atomic mass is 9.95. The van der Waals surface area contributed by atoms with Gasteiger partial charge in [0, 0.05) is 36.8 Å².